The Morgan fingerprint density at radius 3 is 2.27 bits per heavy atom. The Bertz CT molecular complexity index is 764. The van der Waals surface area contributed by atoms with E-state index in [4.69, 9.17) is 4.74 Å². The van der Waals surface area contributed by atoms with Gasteiger partial charge in [-0.2, -0.15) is 0 Å². The van der Waals surface area contributed by atoms with Crippen LogP contribution in [0.2, 0.25) is 0 Å². The van der Waals surface area contributed by atoms with E-state index < -0.39 is 0 Å². The van der Waals surface area contributed by atoms with Crippen molar-refractivity contribution >= 4 is 18.0 Å². The van der Waals surface area contributed by atoms with Gasteiger partial charge in [0, 0.05) is 19.7 Å². The second-order valence-electron chi connectivity index (χ2n) is 5.72. The van der Waals surface area contributed by atoms with Crippen molar-refractivity contribution in [3.05, 3.63) is 71.3 Å². The molecule has 0 saturated carbocycles. The number of methoxy groups -OCH3 is 1. The van der Waals surface area contributed by atoms with E-state index in [9.17, 15) is 9.59 Å². The van der Waals surface area contributed by atoms with Crippen molar-refractivity contribution in [2.24, 2.45) is 0 Å². The third kappa shape index (κ3) is 5.48. The van der Waals surface area contributed by atoms with Crippen LogP contribution in [0.25, 0.3) is 6.08 Å². The summed E-state index contributed by atoms with van der Waals surface area (Å²) in [6, 6.07) is 14.6. The molecule has 2 aromatic rings. The number of esters is 1. The van der Waals surface area contributed by atoms with Crippen LogP contribution in [0.5, 0.6) is 5.75 Å². The molecule has 2 rings (SSSR count). The lowest BCUT2D eigenvalue weighted by atomic mass is 10.1. The van der Waals surface area contributed by atoms with Crippen molar-refractivity contribution in [2.45, 2.75) is 13.5 Å². The van der Waals surface area contributed by atoms with E-state index in [0.29, 0.717) is 18.7 Å². The maximum Gasteiger partial charge on any atom is 0.337 e. The number of ether oxygens (including phenoxy) is 2. The molecule has 0 bridgehead atoms. The van der Waals surface area contributed by atoms with Gasteiger partial charge in [0.05, 0.1) is 19.3 Å². The molecule has 0 saturated heterocycles. The van der Waals surface area contributed by atoms with Crippen LogP contribution in [0.1, 0.15) is 28.4 Å². The molecular formula is C21H23NO4. The summed E-state index contributed by atoms with van der Waals surface area (Å²) < 4.78 is 10.1. The summed E-state index contributed by atoms with van der Waals surface area (Å²) in [4.78, 5) is 25.3. The lowest BCUT2D eigenvalue weighted by Crippen LogP contribution is -2.24. The van der Waals surface area contributed by atoms with E-state index in [1.807, 2.05) is 31.2 Å². The predicted molar refractivity (Wildman–Crippen MR) is 101 cm³/mol. The Labute approximate surface area is 153 Å². The van der Waals surface area contributed by atoms with Gasteiger partial charge in [-0.3, -0.25) is 4.79 Å². The van der Waals surface area contributed by atoms with Gasteiger partial charge in [-0.25, -0.2) is 4.79 Å². The Balaban J connectivity index is 1.93. The first-order valence-electron chi connectivity index (χ1n) is 8.36. The van der Waals surface area contributed by atoms with E-state index >= 15 is 0 Å². The van der Waals surface area contributed by atoms with E-state index in [1.165, 1.54) is 13.2 Å². The molecule has 0 aliphatic heterocycles. The fraction of sp³-hybridized carbons (Fsp3) is 0.238. The van der Waals surface area contributed by atoms with Gasteiger partial charge in [-0.05, 0) is 48.4 Å². The molecule has 0 aliphatic rings. The zero-order chi connectivity index (χ0) is 18.9. The minimum Gasteiger partial charge on any atom is -0.494 e. The molecule has 0 radical (unpaired) electrons. The molecule has 5 heteroatoms. The Kier molecular flexibility index (Phi) is 6.97. The third-order valence-electron chi connectivity index (χ3n) is 3.78. The van der Waals surface area contributed by atoms with Crippen LogP contribution in [0, 0.1) is 0 Å². The van der Waals surface area contributed by atoms with Gasteiger partial charge < -0.3 is 14.4 Å². The molecule has 0 fully saturated rings. The summed E-state index contributed by atoms with van der Waals surface area (Å²) in [6.45, 7) is 3.08. The highest BCUT2D eigenvalue weighted by Crippen LogP contribution is 2.14. The first-order valence-corrected chi connectivity index (χ1v) is 8.36. The quantitative estimate of drug-likeness (QED) is 0.564. The maximum atomic E-state index is 12.3. The highest BCUT2D eigenvalue weighted by Gasteiger charge is 2.07. The predicted octanol–water partition coefficient (Wildman–Crippen LogP) is 3.54. The van der Waals surface area contributed by atoms with Crippen molar-refractivity contribution in [1.29, 1.82) is 0 Å². The Morgan fingerprint density at radius 1 is 1.04 bits per heavy atom. The zero-order valence-electron chi connectivity index (χ0n) is 15.3. The number of nitrogens with zero attached hydrogens (tertiary/aromatic N) is 1. The second kappa shape index (κ2) is 9.42. The molecule has 0 aromatic heterocycles. The minimum atomic E-state index is -0.383. The van der Waals surface area contributed by atoms with Crippen LogP contribution in [-0.4, -0.2) is 37.5 Å². The van der Waals surface area contributed by atoms with Gasteiger partial charge in [0.1, 0.15) is 5.75 Å². The van der Waals surface area contributed by atoms with E-state index in [-0.39, 0.29) is 11.9 Å². The van der Waals surface area contributed by atoms with Crippen LogP contribution in [-0.2, 0) is 16.1 Å². The van der Waals surface area contributed by atoms with E-state index in [2.05, 4.69) is 4.74 Å². The molecule has 2 aromatic carbocycles. The van der Waals surface area contributed by atoms with Crippen LogP contribution in [0.3, 0.4) is 0 Å². The zero-order valence-corrected chi connectivity index (χ0v) is 15.3. The van der Waals surface area contributed by atoms with Crippen LogP contribution >= 0.6 is 0 Å². The number of hydrogen-bond donors (Lipinski definition) is 0. The molecular weight excluding hydrogens is 330 g/mol. The highest BCUT2D eigenvalue weighted by molar-refractivity contribution is 5.92. The molecule has 0 N–H and O–H groups in total. The number of likely N-dealkylation sites (N-methyl/N-ethyl adjacent to an activating group) is 1. The highest BCUT2D eigenvalue weighted by atomic mass is 16.5. The van der Waals surface area contributed by atoms with Gasteiger partial charge in [0.25, 0.3) is 0 Å². The van der Waals surface area contributed by atoms with Crippen molar-refractivity contribution in [3.63, 3.8) is 0 Å². The summed E-state index contributed by atoms with van der Waals surface area (Å²) in [5, 5.41) is 0. The van der Waals surface area contributed by atoms with Crippen molar-refractivity contribution in [1.82, 2.24) is 4.90 Å². The fourth-order valence-corrected chi connectivity index (χ4v) is 2.35. The maximum absolute atomic E-state index is 12.3. The average molecular weight is 353 g/mol. The van der Waals surface area contributed by atoms with Gasteiger partial charge in [0.2, 0.25) is 5.91 Å². The SMILES string of the molecule is CCOc1ccc(CN(C)C(=O)/C=C\c2ccc(C(=O)OC)cc2)cc1. The molecule has 26 heavy (non-hydrogen) atoms. The number of carbonyl (C=O) groups is 2. The molecule has 0 spiro atoms. The van der Waals surface area contributed by atoms with Crippen molar-refractivity contribution in [2.75, 3.05) is 20.8 Å². The van der Waals surface area contributed by atoms with Crippen molar-refractivity contribution < 1.29 is 19.1 Å². The van der Waals surface area contributed by atoms with Crippen LogP contribution in [0.15, 0.2) is 54.6 Å². The number of rotatable bonds is 7. The minimum absolute atomic E-state index is 0.101. The molecule has 0 aliphatic carbocycles. The monoisotopic (exact) mass is 353 g/mol. The number of carbonyl (C=O) groups excluding carboxylic acids is 2. The molecule has 136 valence electrons. The largest absolute Gasteiger partial charge is 0.494 e. The fourth-order valence-electron chi connectivity index (χ4n) is 2.35. The lowest BCUT2D eigenvalue weighted by Gasteiger charge is -2.15. The normalized spacial score (nSPS) is 10.6. The van der Waals surface area contributed by atoms with Gasteiger partial charge in [0.15, 0.2) is 0 Å². The van der Waals surface area contributed by atoms with Gasteiger partial charge in [-0.15, -0.1) is 0 Å². The molecule has 0 unspecified atom stereocenters. The summed E-state index contributed by atoms with van der Waals surface area (Å²) >= 11 is 0. The van der Waals surface area contributed by atoms with Crippen LogP contribution in [0.4, 0.5) is 0 Å². The first-order chi connectivity index (χ1) is 12.5. The molecule has 0 atom stereocenters. The number of hydrogen-bond acceptors (Lipinski definition) is 4. The number of benzene rings is 2. The first kappa shape index (κ1) is 19.2. The summed E-state index contributed by atoms with van der Waals surface area (Å²) in [5.41, 5.74) is 2.34. The van der Waals surface area contributed by atoms with E-state index in [0.717, 1.165) is 16.9 Å². The van der Waals surface area contributed by atoms with Gasteiger partial charge in [-0.1, -0.05) is 24.3 Å². The third-order valence-corrected chi connectivity index (χ3v) is 3.78. The number of amides is 1. The van der Waals surface area contributed by atoms with E-state index in [1.54, 1.807) is 42.3 Å². The van der Waals surface area contributed by atoms with Crippen LogP contribution < -0.4 is 4.74 Å². The molecule has 5 nitrogen and oxygen atoms in total. The summed E-state index contributed by atoms with van der Waals surface area (Å²) in [6.07, 6.45) is 3.24. The topological polar surface area (TPSA) is 55.8 Å². The average Bonchev–Trinajstić information content (AvgIpc) is 2.67. The molecule has 0 heterocycles. The summed E-state index contributed by atoms with van der Waals surface area (Å²) in [5.74, 6) is 0.336. The summed E-state index contributed by atoms with van der Waals surface area (Å²) in [7, 11) is 3.10. The second-order valence-corrected chi connectivity index (χ2v) is 5.72. The standard InChI is InChI=1S/C21H23NO4/c1-4-26-19-12-7-17(8-13-19)15-22(2)20(23)14-9-16-5-10-18(11-6-16)21(24)25-3/h5-14H,4,15H2,1-3H3/b14-9-. The lowest BCUT2D eigenvalue weighted by molar-refractivity contribution is -0.125. The van der Waals surface area contributed by atoms with Crippen molar-refractivity contribution in [3.8, 4) is 5.75 Å². The molecule has 1 amide bonds. The Morgan fingerprint density at radius 2 is 1.69 bits per heavy atom. The smallest absolute Gasteiger partial charge is 0.337 e. The van der Waals surface area contributed by atoms with Gasteiger partial charge >= 0.3 is 5.97 Å². The Hall–Kier alpha value is -3.08.